The van der Waals surface area contributed by atoms with Crippen LogP contribution in [0.1, 0.15) is 32.9 Å². The van der Waals surface area contributed by atoms with Crippen LogP contribution in [-0.4, -0.2) is 0 Å². The molecule has 0 aliphatic heterocycles. The lowest BCUT2D eigenvalue weighted by Crippen LogP contribution is -1.91. The Hall–Kier alpha value is -5.98. The third-order valence-electron chi connectivity index (χ3n) is 7.75. The largest absolute Gasteiger partial charge is 0.0629 e. The second-order valence-electron chi connectivity index (χ2n) is 10.2. The van der Waals surface area contributed by atoms with Crippen LogP contribution in [0.5, 0.6) is 0 Å². The van der Waals surface area contributed by atoms with E-state index in [0.29, 0.717) is 5.39 Å². The number of hydrogen-bond acceptors (Lipinski definition) is 0. The fourth-order valence-corrected chi connectivity index (χ4v) is 5.75. The molecule has 9 aromatic carbocycles. The van der Waals surface area contributed by atoms with E-state index in [9.17, 15) is 11.0 Å². The molecule has 0 aliphatic carbocycles. The van der Waals surface area contributed by atoms with Crippen molar-refractivity contribution in [1.29, 1.82) is 0 Å². The minimum absolute atomic E-state index is 0.0685. The molecule has 46 heavy (non-hydrogen) atoms. The lowest BCUT2D eigenvalue weighted by Gasteiger charge is -2.18. The van der Waals surface area contributed by atoms with E-state index in [1.165, 1.54) is 18.2 Å². The van der Waals surface area contributed by atoms with Gasteiger partial charge in [-0.25, -0.2) is 0 Å². The van der Waals surface area contributed by atoms with Crippen LogP contribution in [-0.2, 0) is 0 Å². The van der Waals surface area contributed by atoms with E-state index in [-0.39, 0.29) is 38.4 Å². The van der Waals surface area contributed by atoms with Crippen LogP contribution in [0.4, 0.5) is 0 Å². The lowest BCUT2D eigenvalue weighted by atomic mass is 9.85. The van der Waals surface area contributed by atoms with Crippen LogP contribution < -0.4 is 0 Å². The van der Waals surface area contributed by atoms with Crippen molar-refractivity contribution in [1.82, 2.24) is 0 Å². The van der Waals surface area contributed by atoms with Crippen LogP contribution in [0.3, 0.4) is 0 Å². The fourth-order valence-electron chi connectivity index (χ4n) is 5.75. The first-order chi connectivity index (χ1) is 32.8. The van der Waals surface area contributed by atoms with E-state index in [2.05, 4.69) is 0 Å². The SMILES string of the molecule is [2H]c1c([2H])c([2H])c(-c2c3c([2H])c([2H])c([2H])c([2H])c3c(-c3c([2H])c([2H])c(-c4cccc5ccc(-c6c([2H])c([2H])c([2H])c7c([2H])c([2H])c([2H])c([2H])c67)cc45)c([2H])c3[2H])c3c([2H])c([2H])c([2H])c([2H])c23)c([2H])c1[2H]. The lowest BCUT2D eigenvalue weighted by molar-refractivity contribution is 1.63. The Morgan fingerprint density at radius 3 is 1.52 bits per heavy atom. The molecular formula is C46H30. The summed E-state index contributed by atoms with van der Waals surface area (Å²) in [5.74, 6) is 0. The summed E-state index contributed by atoms with van der Waals surface area (Å²) in [7, 11) is 0. The summed E-state index contributed by atoms with van der Waals surface area (Å²) in [6.45, 7) is 0. The molecule has 0 heteroatoms. The van der Waals surface area contributed by atoms with E-state index >= 15 is 0 Å². The molecule has 9 aromatic rings. The van der Waals surface area contributed by atoms with Gasteiger partial charge < -0.3 is 0 Å². The normalized spacial score (nSPS) is 18.8. The summed E-state index contributed by atoms with van der Waals surface area (Å²) >= 11 is 0. The van der Waals surface area contributed by atoms with E-state index < -0.39 is 189 Å². The molecule has 0 amide bonds. The van der Waals surface area contributed by atoms with Gasteiger partial charge in [0.2, 0.25) is 0 Å². The quantitative estimate of drug-likeness (QED) is 0.175. The maximum absolute atomic E-state index is 9.60. The van der Waals surface area contributed by atoms with Crippen LogP contribution in [0.25, 0.3) is 87.6 Å². The maximum Gasteiger partial charge on any atom is 0.0629 e. The smallest absolute Gasteiger partial charge is 0.0622 e. The topological polar surface area (TPSA) is 0 Å². The van der Waals surface area contributed by atoms with Crippen molar-refractivity contribution in [2.24, 2.45) is 0 Å². The zero-order chi connectivity index (χ0) is 51.3. The summed E-state index contributed by atoms with van der Waals surface area (Å²) in [4.78, 5) is 0. The Morgan fingerprint density at radius 2 is 0.848 bits per heavy atom. The van der Waals surface area contributed by atoms with Crippen LogP contribution >= 0.6 is 0 Å². The number of benzene rings is 9. The van der Waals surface area contributed by atoms with Crippen molar-refractivity contribution < 1.29 is 32.9 Å². The van der Waals surface area contributed by atoms with Gasteiger partial charge >= 0.3 is 0 Å². The van der Waals surface area contributed by atoms with Gasteiger partial charge in [0.15, 0.2) is 0 Å². The molecule has 0 bridgehead atoms. The summed E-state index contributed by atoms with van der Waals surface area (Å²) < 4.78 is 213. The predicted molar refractivity (Wildman–Crippen MR) is 198 cm³/mol. The molecule has 0 atom stereocenters. The Kier molecular flexibility index (Phi) is 2.78. The first-order valence-corrected chi connectivity index (χ1v) is 14.0. The van der Waals surface area contributed by atoms with Crippen LogP contribution in [0.15, 0.2) is 181 Å². The van der Waals surface area contributed by atoms with Gasteiger partial charge in [0.1, 0.15) is 0 Å². The highest BCUT2D eigenvalue weighted by Gasteiger charge is 2.16. The average molecular weight is 607 g/mol. The molecule has 9 rings (SSSR count). The van der Waals surface area contributed by atoms with E-state index in [1.807, 2.05) is 0 Å². The zero-order valence-electron chi connectivity index (χ0n) is 47.5. The summed E-state index contributed by atoms with van der Waals surface area (Å²) in [6.07, 6.45) is 0. The Morgan fingerprint density at radius 1 is 0.304 bits per heavy atom. The second-order valence-corrected chi connectivity index (χ2v) is 10.2. The minimum atomic E-state index is -0.890. The molecule has 214 valence electrons. The first kappa shape index (κ1) is 11.7. The monoisotopic (exact) mass is 606 g/mol. The van der Waals surface area contributed by atoms with Crippen molar-refractivity contribution in [3.05, 3.63) is 181 Å². The molecule has 0 N–H and O–H groups in total. The van der Waals surface area contributed by atoms with Gasteiger partial charge in [-0.05, 0) is 93.7 Å². The third kappa shape index (κ3) is 4.30. The highest BCUT2D eigenvalue weighted by molar-refractivity contribution is 6.21. The highest BCUT2D eigenvalue weighted by Crippen LogP contribution is 2.44. The fraction of sp³-hybridized carbons (Fsp3) is 0. The Labute approximate surface area is 302 Å². The van der Waals surface area contributed by atoms with Gasteiger partial charge in [-0.1, -0.05) is 175 Å². The van der Waals surface area contributed by atoms with Gasteiger partial charge in [-0.3, -0.25) is 0 Å². The van der Waals surface area contributed by atoms with E-state index in [1.54, 1.807) is 18.2 Å². The molecule has 0 heterocycles. The second kappa shape index (κ2) is 10.9. The van der Waals surface area contributed by atoms with E-state index in [4.69, 9.17) is 21.9 Å². The van der Waals surface area contributed by atoms with Crippen molar-refractivity contribution in [3.8, 4) is 44.5 Å². The van der Waals surface area contributed by atoms with Crippen LogP contribution in [0.2, 0.25) is 0 Å². The molecule has 0 radical (unpaired) electrons. The van der Waals surface area contributed by atoms with Gasteiger partial charge in [0, 0.05) is 0 Å². The molecule has 0 unspecified atom stereocenters. The average Bonchev–Trinajstić information content (AvgIpc) is 3.34. The molecule has 0 spiro atoms. The maximum atomic E-state index is 9.60. The van der Waals surface area contributed by atoms with Crippen LogP contribution in [0, 0.1) is 0 Å². The predicted octanol–water partition coefficient (Wildman–Crippen LogP) is 13.0. The van der Waals surface area contributed by atoms with E-state index in [0.717, 1.165) is 0 Å². The number of hydrogen-bond donors (Lipinski definition) is 0. The van der Waals surface area contributed by atoms with Gasteiger partial charge in [0.05, 0.1) is 32.9 Å². The van der Waals surface area contributed by atoms with Gasteiger partial charge in [-0.15, -0.1) is 0 Å². The minimum Gasteiger partial charge on any atom is -0.0622 e. The zero-order valence-corrected chi connectivity index (χ0v) is 23.5. The third-order valence-corrected chi connectivity index (χ3v) is 7.75. The molecule has 0 nitrogen and oxygen atoms in total. The standard InChI is InChI=1S/C46H30/c1-2-13-34(14-3-1)45-40-18-6-8-20-42(40)46(43-21-9-7-19-41(43)45)35-27-24-33(25-28-35)38-22-11-16-32-26-29-36(30-44(32)38)39-23-10-15-31-12-4-5-17-37(31)39/h1-30H/i1D,2D,3D,4D,5D,6D,7D,8D,9D,10D,12D,13D,14D,15D,17D,18D,19D,20D,21D,23D,24D,25D,27D,28D. The summed E-state index contributed by atoms with van der Waals surface area (Å²) in [6, 6.07) is -9.45. The molecular weight excluding hydrogens is 553 g/mol. The van der Waals surface area contributed by atoms with Crippen molar-refractivity contribution in [2.75, 3.05) is 0 Å². The number of fused-ring (bicyclic) bond motifs is 4. The van der Waals surface area contributed by atoms with Crippen molar-refractivity contribution >= 4 is 43.1 Å². The summed E-state index contributed by atoms with van der Waals surface area (Å²) in [5, 5.41) is -2.19. The molecule has 0 fully saturated rings. The van der Waals surface area contributed by atoms with Gasteiger partial charge in [0.25, 0.3) is 0 Å². The first-order valence-electron chi connectivity index (χ1n) is 26.0. The van der Waals surface area contributed by atoms with Crippen molar-refractivity contribution in [2.45, 2.75) is 0 Å². The molecule has 0 saturated carbocycles. The molecule has 0 aromatic heterocycles. The molecule has 0 aliphatic rings. The summed E-state index contributed by atoms with van der Waals surface area (Å²) in [5.41, 5.74) is -2.75. The highest BCUT2D eigenvalue weighted by atomic mass is 14.2. The number of rotatable bonds is 4. The van der Waals surface area contributed by atoms with Crippen molar-refractivity contribution in [3.63, 3.8) is 0 Å². The molecule has 0 saturated heterocycles. The van der Waals surface area contributed by atoms with Gasteiger partial charge in [-0.2, -0.15) is 0 Å². The Bertz CT molecular complexity index is 3790. The Balaban J connectivity index is 1.44.